The Balaban J connectivity index is 1.93. The minimum Gasteiger partial charge on any atom is -0.365 e. The molecular weight excluding hydrogens is 316 g/mol. The molecular formula is C15H16N4O3S. The molecule has 1 atom stereocenters. The molecule has 8 heteroatoms. The van der Waals surface area contributed by atoms with Crippen molar-refractivity contribution in [3.05, 3.63) is 44.2 Å². The number of amides is 2. The summed E-state index contributed by atoms with van der Waals surface area (Å²) in [6.45, 7) is 2.16. The van der Waals surface area contributed by atoms with Gasteiger partial charge in [0.05, 0.1) is 5.56 Å². The second kappa shape index (κ2) is 5.96. The van der Waals surface area contributed by atoms with Crippen molar-refractivity contribution in [2.45, 2.75) is 26.2 Å². The van der Waals surface area contributed by atoms with Crippen LogP contribution in [-0.2, 0) is 12.8 Å². The molecule has 0 aromatic carbocycles. The van der Waals surface area contributed by atoms with Gasteiger partial charge >= 0.3 is 0 Å². The van der Waals surface area contributed by atoms with Gasteiger partial charge in [0.15, 0.2) is 0 Å². The number of aromatic amines is 1. The van der Waals surface area contributed by atoms with E-state index in [0.717, 1.165) is 29.7 Å². The van der Waals surface area contributed by atoms with E-state index in [-0.39, 0.29) is 11.3 Å². The molecule has 2 amide bonds. The number of aromatic nitrogens is 2. The maximum absolute atomic E-state index is 12.2. The summed E-state index contributed by atoms with van der Waals surface area (Å²) in [7, 11) is 0. The summed E-state index contributed by atoms with van der Waals surface area (Å²) < 4.78 is 0. The number of carbonyl (C=O) groups excluding carboxylic acids is 2. The third-order valence-electron chi connectivity index (χ3n) is 3.90. The molecule has 0 unspecified atom stereocenters. The highest BCUT2D eigenvalue weighted by molar-refractivity contribution is 7.17. The van der Waals surface area contributed by atoms with Crippen molar-refractivity contribution in [1.29, 1.82) is 0 Å². The van der Waals surface area contributed by atoms with Gasteiger partial charge < -0.3 is 11.1 Å². The van der Waals surface area contributed by atoms with E-state index in [2.05, 4.69) is 22.4 Å². The predicted molar refractivity (Wildman–Crippen MR) is 86.8 cm³/mol. The highest BCUT2D eigenvalue weighted by Crippen LogP contribution is 2.39. The van der Waals surface area contributed by atoms with Gasteiger partial charge in [0, 0.05) is 10.9 Å². The van der Waals surface area contributed by atoms with Crippen LogP contribution in [0.4, 0.5) is 5.00 Å². The summed E-state index contributed by atoms with van der Waals surface area (Å²) in [5, 5.41) is 9.03. The van der Waals surface area contributed by atoms with Crippen molar-refractivity contribution >= 4 is 28.2 Å². The first-order valence-electron chi connectivity index (χ1n) is 7.27. The molecule has 0 aliphatic heterocycles. The standard InChI is InChI=1S/C15H16N4O3S/c1-7-2-3-8-10(6-7)23-15(12(8)13(16)21)17-14(22)9-4-5-11(20)19-18-9/h4-5,7H,2-3,6H2,1H3,(H2,16,21)(H,17,22)(H,19,20)/t7-/m1/s1. The van der Waals surface area contributed by atoms with Crippen LogP contribution in [-0.4, -0.2) is 22.0 Å². The number of H-pyrrole nitrogens is 1. The molecule has 23 heavy (non-hydrogen) atoms. The number of thiophene rings is 1. The molecule has 0 saturated heterocycles. The molecule has 0 spiro atoms. The second-order valence-electron chi connectivity index (χ2n) is 5.68. The molecule has 0 bridgehead atoms. The lowest BCUT2D eigenvalue weighted by Gasteiger charge is -2.18. The van der Waals surface area contributed by atoms with Crippen molar-refractivity contribution in [2.75, 3.05) is 5.32 Å². The van der Waals surface area contributed by atoms with Gasteiger partial charge in [-0.2, -0.15) is 5.10 Å². The first-order valence-corrected chi connectivity index (χ1v) is 8.08. The number of rotatable bonds is 3. The minimum atomic E-state index is -0.540. The average molecular weight is 332 g/mol. The number of nitrogens with zero attached hydrogens (tertiary/aromatic N) is 1. The average Bonchev–Trinajstić information content (AvgIpc) is 2.84. The van der Waals surface area contributed by atoms with Crippen LogP contribution in [0.2, 0.25) is 0 Å². The van der Waals surface area contributed by atoms with Gasteiger partial charge in [0.2, 0.25) is 0 Å². The lowest BCUT2D eigenvalue weighted by molar-refractivity contribution is 0.1000. The molecule has 1 aliphatic rings. The van der Waals surface area contributed by atoms with Crippen molar-refractivity contribution in [1.82, 2.24) is 10.2 Å². The zero-order valence-corrected chi connectivity index (χ0v) is 13.3. The molecule has 2 aromatic rings. The largest absolute Gasteiger partial charge is 0.365 e. The van der Waals surface area contributed by atoms with Gasteiger partial charge in [-0.1, -0.05) is 6.92 Å². The smallest absolute Gasteiger partial charge is 0.276 e. The van der Waals surface area contributed by atoms with Crippen LogP contribution < -0.4 is 16.6 Å². The minimum absolute atomic E-state index is 0.0692. The summed E-state index contributed by atoms with van der Waals surface area (Å²) in [5.41, 5.74) is 6.53. The van der Waals surface area contributed by atoms with E-state index in [0.29, 0.717) is 16.5 Å². The first-order chi connectivity index (χ1) is 11.0. The maximum atomic E-state index is 12.2. The summed E-state index contributed by atoms with van der Waals surface area (Å²) in [4.78, 5) is 36.1. The molecule has 4 N–H and O–H groups in total. The van der Waals surface area contributed by atoms with Gasteiger partial charge in [-0.15, -0.1) is 11.3 Å². The third kappa shape index (κ3) is 3.02. The zero-order chi connectivity index (χ0) is 16.6. The van der Waals surface area contributed by atoms with Crippen LogP contribution in [0.3, 0.4) is 0 Å². The van der Waals surface area contributed by atoms with Gasteiger partial charge in [-0.25, -0.2) is 5.10 Å². The van der Waals surface area contributed by atoms with Crippen molar-refractivity contribution in [3.8, 4) is 0 Å². The summed E-state index contributed by atoms with van der Waals surface area (Å²) in [6, 6.07) is 2.55. The fourth-order valence-corrected chi connectivity index (χ4v) is 4.15. The van der Waals surface area contributed by atoms with Gasteiger partial charge in [0.25, 0.3) is 17.4 Å². The van der Waals surface area contributed by atoms with E-state index in [1.165, 1.54) is 23.5 Å². The summed E-state index contributed by atoms with van der Waals surface area (Å²) in [6.07, 6.45) is 2.67. The van der Waals surface area contributed by atoms with Crippen LogP contribution in [0, 0.1) is 5.92 Å². The SMILES string of the molecule is C[C@@H]1CCc2c(sc(NC(=O)c3ccc(=O)[nH]n3)c2C(N)=O)C1. The topological polar surface area (TPSA) is 118 Å². The number of nitrogens with one attached hydrogen (secondary N) is 2. The Kier molecular flexibility index (Phi) is 3.99. The van der Waals surface area contributed by atoms with Gasteiger partial charge in [0.1, 0.15) is 10.7 Å². The fourth-order valence-electron chi connectivity index (χ4n) is 2.74. The number of primary amides is 1. The fraction of sp³-hybridized carbons (Fsp3) is 0.333. The Labute approximate surface area is 135 Å². The van der Waals surface area contributed by atoms with Crippen molar-refractivity contribution in [2.24, 2.45) is 11.7 Å². The number of nitrogens with two attached hydrogens (primary N) is 1. The van der Waals surface area contributed by atoms with Crippen molar-refractivity contribution in [3.63, 3.8) is 0 Å². The van der Waals surface area contributed by atoms with Crippen molar-refractivity contribution < 1.29 is 9.59 Å². The lowest BCUT2D eigenvalue weighted by atomic mass is 9.88. The third-order valence-corrected chi connectivity index (χ3v) is 5.07. The van der Waals surface area contributed by atoms with E-state index >= 15 is 0 Å². The van der Waals surface area contributed by atoms with Gasteiger partial charge in [-0.05, 0) is 36.8 Å². The molecule has 3 rings (SSSR count). The molecule has 0 radical (unpaired) electrons. The summed E-state index contributed by atoms with van der Waals surface area (Å²) >= 11 is 1.39. The zero-order valence-electron chi connectivity index (χ0n) is 12.5. The Morgan fingerprint density at radius 2 is 2.22 bits per heavy atom. The molecule has 2 heterocycles. The quantitative estimate of drug-likeness (QED) is 0.785. The molecule has 1 aliphatic carbocycles. The normalized spacial score (nSPS) is 16.7. The van der Waals surface area contributed by atoms with Crippen LogP contribution in [0.15, 0.2) is 16.9 Å². The van der Waals surface area contributed by atoms with E-state index in [1.54, 1.807) is 0 Å². The summed E-state index contributed by atoms with van der Waals surface area (Å²) in [5.74, 6) is -0.483. The molecule has 7 nitrogen and oxygen atoms in total. The molecule has 0 saturated carbocycles. The number of hydrogen-bond donors (Lipinski definition) is 3. The first kappa shape index (κ1) is 15.4. The van der Waals surface area contributed by atoms with Crippen LogP contribution >= 0.6 is 11.3 Å². The molecule has 2 aromatic heterocycles. The highest BCUT2D eigenvalue weighted by Gasteiger charge is 2.27. The Morgan fingerprint density at radius 3 is 2.87 bits per heavy atom. The van der Waals surface area contributed by atoms with E-state index < -0.39 is 11.8 Å². The highest BCUT2D eigenvalue weighted by atomic mass is 32.1. The second-order valence-corrected chi connectivity index (χ2v) is 6.79. The predicted octanol–water partition coefficient (Wildman–Crippen LogP) is 1.31. The van der Waals surface area contributed by atoms with Crippen LogP contribution in [0.5, 0.6) is 0 Å². The number of fused-ring (bicyclic) bond motifs is 1. The Bertz CT molecular complexity index is 819. The van der Waals surface area contributed by atoms with E-state index in [4.69, 9.17) is 5.73 Å². The van der Waals surface area contributed by atoms with E-state index in [1.807, 2.05) is 0 Å². The monoisotopic (exact) mass is 332 g/mol. The van der Waals surface area contributed by atoms with Crippen LogP contribution in [0.25, 0.3) is 0 Å². The Hall–Kier alpha value is -2.48. The number of carbonyl (C=O) groups is 2. The molecule has 120 valence electrons. The number of hydrogen-bond acceptors (Lipinski definition) is 5. The van der Waals surface area contributed by atoms with Crippen LogP contribution in [0.1, 0.15) is 44.6 Å². The van der Waals surface area contributed by atoms with E-state index in [9.17, 15) is 14.4 Å². The maximum Gasteiger partial charge on any atom is 0.276 e. The molecule has 0 fully saturated rings. The Morgan fingerprint density at radius 1 is 1.43 bits per heavy atom. The number of anilines is 1. The lowest BCUT2D eigenvalue weighted by Crippen LogP contribution is -2.20. The van der Waals surface area contributed by atoms with Gasteiger partial charge in [-0.3, -0.25) is 14.4 Å².